The Morgan fingerprint density at radius 1 is 1.17 bits per heavy atom. The lowest BCUT2D eigenvalue weighted by atomic mass is 9.88. The quantitative estimate of drug-likeness (QED) is 0.575. The van der Waals surface area contributed by atoms with Crippen molar-refractivity contribution in [2.75, 3.05) is 5.75 Å². The Morgan fingerprint density at radius 3 is 2.83 bits per heavy atom. The molecule has 0 bridgehead atoms. The fourth-order valence-corrected chi connectivity index (χ4v) is 4.40. The topological polar surface area (TPSA) is 68.0 Å². The smallest absolute Gasteiger partial charge is 0.277 e. The molecule has 0 saturated carbocycles. The molecule has 1 aromatic heterocycles. The molecule has 4 rings (SSSR count). The van der Waals surface area contributed by atoms with Gasteiger partial charge in [0.15, 0.2) is 0 Å². The minimum atomic E-state index is -0.00546. The van der Waals surface area contributed by atoms with Crippen molar-refractivity contribution in [3.8, 4) is 0 Å². The Kier molecular flexibility index (Phi) is 6.30. The standard InChI is InChI=1S/C23H25N3O2S/c1-16(17-8-3-2-4-9-17)14-22-25-26-23(28-22)29-15-21(27)24-20-13-7-11-18-10-5-6-12-19(18)20/h2-6,8-10,12,16,20H,7,11,13-15H2,1H3,(H,24,27)/t16-,20-/m0/s1. The Hall–Kier alpha value is -2.60. The predicted molar refractivity (Wildman–Crippen MR) is 114 cm³/mol. The number of amides is 1. The zero-order valence-electron chi connectivity index (χ0n) is 16.5. The molecule has 0 spiro atoms. The van der Waals surface area contributed by atoms with Crippen LogP contribution in [0.15, 0.2) is 64.2 Å². The maximum atomic E-state index is 12.4. The summed E-state index contributed by atoms with van der Waals surface area (Å²) in [7, 11) is 0. The van der Waals surface area contributed by atoms with Crippen LogP contribution in [-0.2, 0) is 17.6 Å². The van der Waals surface area contributed by atoms with Crippen molar-refractivity contribution in [3.05, 3.63) is 77.2 Å². The molecule has 1 aliphatic carbocycles. The summed E-state index contributed by atoms with van der Waals surface area (Å²) >= 11 is 1.29. The number of aromatic nitrogens is 2. The number of aryl methyl sites for hydroxylation is 1. The number of carbonyl (C=O) groups excluding carboxylic acids is 1. The van der Waals surface area contributed by atoms with Crippen LogP contribution in [0.25, 0.3) is 0 Å². The van der Waals surface area contributed by atoms with E-state index in [9.17, 15) is 4.79 Å². The number of rotatable bonds is 7. The average Bonchev–Trinajstić information content (AvgIpc) is 3.20. The first-order valence-electron chi connectivity index (χ1n) is 10.1. The second kappa shape index (κ2) is 9.27. The fraction of sp³-hybridized carbons (Fsp3) is 0.348. The summed E-state index contributed by atoms with van der Waals surface area (Å²) in [5.74, 6) is 1.16. The molecule has 2 aromatic carbocycles. The Balaban J connectivity index is 1.28. The van der Waals surface area contributed by atoms with Crippen molar-refractivity contribution >= 4 is 17.7 Å². The van der Waals surface area contributed by atoms with Gasteiger partial charge >= 0.3 is 0 Å². The van der Waals surface area contributed by atoms with Gasteiger partial charge in [-0.1, -0.05) is 73.3 Å². The van der Waals surface area contributed by atoms with Crippen LogP contribution < -0.4 is 5.32 Å². The third-order valence-electron chi connectivity index (χ3n) is 5.33. The minimum Gasteiger partial charge on any atom is -0.416 e. The van der Waals surface area contributed by atoms with Crippen molar-refractivity contribution in [1.82, 2.24) is 15.5 Å². The van der Waals surface area contributed by atoms with Gasteiger partial charge in [0.25, 0.3) is 5.22 Å². The van der Waals surface area contributed by atoms with E-state index in [0.29, 0.717) is 23.5 Å². The molecule has 0 saturated heterocycles. The van der Waals surface area contributed by atoms with Crippen LogP contribution in [0.4, 0.5) is 0 Å². The molecule has 0 aliphatic heterocycles. The molecule has 29 heavy (non-hydrogen) atoms. The first kappa shape index (κ1) is 19.7. The van der Waals surface area contributed by atoms with Crippen molar-refractivity contribution in [3.63, 3.8) is 0 Å². The number of hydrogen-bond acceptors (Lipinski definition) is 5. The molecule has 3 aromatic rings. The van der Waals surface area contributed by atoms with Crippen LogP contribution in [-0.4, -0.2) is 21.9 Å². The number of fused-ring (bicyclic) bond motifs is 1. The summed E-state index contributed by atoms with van der Waals surface area (Å²) in [6, 6.07) is 18.7. The molecular formula is C23H25N3O2S. The molecular weight excluding hydrogens is 382 g/mol. The van der Waals surface area contributed by atoms with Crippen molar-refractivity contribution in [2.24, 2.45) is 0 Å². The summed E-state index contributed by atoms with van der Waals surface area (Å²) in [6.45, 7) is 2.14. The molecule has 5 nitrogen and oxygen atoms in total. The average molecular weight is 408 g/mol. The molecule has 1 heterocycles. The number of nitrogens with one attached hydrogen (secondary N) is 1. The molecule has 0 fully saturated rings. The Labute approximate surface area is 175 Å². The van der Waals surface area contributed by atoms with Gasteiger partial charge in [0.1, 0.15) is 0 Å². The van der Waals surface area contributed by atoms with Crippen LogP contribution in [0.5, 0.6) is 0 Å². The summed E-state index contributed by atoms with van der Waals surface area (Å²) in [6.07, 6.45) is 3.85. The van der Waals surface area contributed by atoms with Gasteiger partial charge in [-0.3, -0.25) is 4.79 Å². The van der Waals surface area contributed by atoms with Crippen LogP contribution in [0.2, 0.25) is 0 Å². The van der Waals surface area contributed by atoms with Crippen molar-refractivity contribution in [2.45, 2.75) is 49.8 Å². The second-order valence-corrected chi connectivity index (χ2v) is 8.40. The van der Waals surface area contributed by atoms with Gasteiger partial charge in [-0.05, 0) is 41.9 Å². The van der Waals surface area contributed by atoms with Crippen molar-refractivity contribution < 1.29 is 9.21 Å². The van der Waals surface area contributed by atoms with E-state index in [1.54, 1.807) is 0 Å². The van der Waals surface area contributed by atoms with Gasteiger partial charge in [0, 0.05) is 6.42 Å². The van der Waals surface area contributed by atoms with Crippen LogP contribution in [0, 0.1) is 0 Å². The van der Waals surface area contributed by atoms with E-state index < -0.39 is 0 Å². The van der Waals surface area contributed by atoms with E-state index in [1.807, 2.05) is 24.3 Å². The summed E-state index contributed by atoms with van der Waals surface area (Å²) in [5.41, 5.74) is 3.82. The van der Waals surface area contributed by atoms with Gasteiger partial charge in [-0.2, -0.15) is 0 Å². The van der Waals surface area contributed by atoms with Crippen LogP contribution in [0.1, 0.15) is 54.3 Å². The lowest BCUT2D eigenvalue weighted by molar-refractivity contribution is -0.119. The van der Waals surface area contributed by atoms with Gasteiger partial charge in [0.2, 0.25) is 11.8 Å². The lowest BCUT2D eigenvalue weighted by Gasteiger charge is -2.26. The summed E-state index contributed by atoms with van der Waals surface area (Å²) in [5, 5.41) is 11.8. The maximum Gasteiger partial charge on any atom is 0.277 e. The predicted octanol–water partition coefficient (Wildman–Crippen LogP) is 4.70. The first-order chi connectivity index (χ1) is 14.2. The lowest BCUT2D eigenvalue weighted by Crippen LogP contribution is -2.32. The molecule has 1 N–H and O–H groups in total. The van der Waals surface area contributed by atoms with Gasteiger partial charge in [0.05, 0.1) is 11.8 Å². The van der Waals surface area contributed by atoms with Gasteiger partial charge in [-0.25, -0.2) is 0 Å². The maximum absolute atomic E-state index is 12.4. The van der Waals surface area contributed by atoms with E-state index in [-0.39, 0.29) is 17.7 Å². The molecule has 0 unspecified atom stereocenters. The zero-order valence-corrected chi connectivity index (χ0v) is 17.3. The molecule has 1 amide bonds. The van der Waals surface area contributed by atoms with Crippen LogP contribution >= 0.6 is 11.8 Å². The molecule has 0 radical (unpaired) electrons. The number of carbonyl (C=O) groups is 1. The third-order valence-corrected chi connectivity index (χ3v) is 6.15. The Morgan fingerprint density at radius 2 is 1.97 bits per heavy atom. The van der Waals surface area contributed by atoms with E-state index in [2.05, 4.69) is 52.8 Å². The highest BCUT2D eigenvalue weighted by atomic mass is 32.2. The second-order valence-electron chi connectivity index (χ2n) is 7.48. The first-order valence-corrected chi connectivity index (χ1v) is 11.0. The summed E-state index contributed by atoms with van der Waals surface area (Å²) in [4.78, 5) is 12.4. The molecule has 150 valence electrons. The van der Waals surface area contributed by atoms with Crippen molar-refractivity contribution in [1.29, 1.82) is 0 Å². The number of nitrogens with zero attached hydrogens (tertiary/aromatic N) is 2. The van der Waals surface area contributed by atoms with E-state index in [1.165, 1.54) is 28.5 Å². The zero-order chi connectivity index (χ0) is 20.1. The van der Waals surface area contributed by atoms with E-state index in [4.69, 9.17) is 4.42 Å². The minimum absolute atomic E-state index is 0.00546. The molecule has 2 atom stereocenters. The van der Waals surface area contributed by atoms with E-state index in [0.717, 1.165) is 19.3 Å². The monoisotopic (exact) mass is 407 g/mol. The highest BCUT2D eigenvalue weighted by Crippen LogP contribution is 2.29. The Bertz CT molecular complexity index is 958. The SMILES string of the molecule is C[C@@H](Cc1nnc(SCC(=O)N[C@H]2CCCc3ccccc32)o1)c1ccccc1. The summed E-state index contributed by atoms with van der Waals surface area (Å²) < 4.78 is 5.73. The van der Waals surface area contributed by atoms with Gasteiger partial charge in [-0.15, -0.1) is 10.2 Å². The highest BCUT2D eigenvalue weighted by Gasteiger charge is 2.21. The van der Waals surface area contributed by atoms with Gasteiger partial charge < -0.3 is 9.73 Å². The number of benzene rings is 2. The normalized spacial score (nSPS) is 16.8. The highest BCUT2D eigenvalue weighted by molar-refractivity contribution is 7.99. The molecule has 1 aliphatic rings. The van der Waals surface area contributed by atoms with Crippen LogP contribution in [0.3, 0.4) is 0 Å². The number of hydrogen-bond donors (Lipinski definition) is 1. The molecule has 6 heteroatoms. The van der Waals surface area contributed by atoms with E-state index >= 15 is 0 Å². The number of thioether (sulfide) groups is 1. The largest absolute Gasteiger partial charge is 0.416 e. The fourth-order valence-electron chi connectivity index (χ4n) is 3.81. The third kappa shape index (κ3) is 5.07.